The number of aryl methyl sites for hydroxylation is 1. The van der Waals surface area contributed by atoms with Crippen LogP contribution in [0, 0.1) is 17.2 Å². The number of hydrogen-bond acceptors (Lipinski definition) is 4. The average Bonchev–Trinajstić information content (AvgIpc) is 2.50. The van der Waals surface area contributed by atoms with Crippen LogP contribution in [0.5, 0.6) is 0 Å². The topological polar surface area (TPSA) is 54.5 Å². The summed E-state index contributed by atoms with van der Waals surface area (Å²) in [5.41, 5.74) is 0. The van der Waals surface area contributed by atoms with Crippen molar-refractivity contribution < 1.29 is 13.2 Å². The second-order valence-electron chi connectivity index (χ2n) is 2.76. The highest BCUT2D eigenvalue weighted by Gasteiger charge is 2.39. The van der Waals surface area contributed by atoms with E-state index in [-0.39, 0.29) is 5.75 Å². The highest BCUT2D eigenvalue weighted by atomic mass is 32.2. The molecule has 0 radical (unpaired) electrons. The van der Waals surface area contributed by atoms with Crippen molar-refractivity contribution in [3.05, 3.63) is 6.33 Å². The molecule has 8 heteroatoms. The largest absolute Gasteiger partial charge is 0.405 e. The fraction of sp³-hybridized carbons (Fsp3) is 0.571. The van der Waals surface area contributed by atoms with Crippen LogP contribution in [-0.4, -0.2) is 26.7 Å². The summed E-state index contributed by atoms with van der Waals surface area (Å²) < 4.78 is 38.0. The SMILES string of the molecule is Cn1cnnc1SCC(C#N)C(F)(F)F. The normalized spacial score (nSPS) is 13.5. The fourth-order valence-corrected chi connectivity index (χ4v) is 1.70. The number of aromatic nitrogens is 3. The van der Waals surface area contributed by atoms with Gasteiger partial charge in [0.15, 0.2) is 11.1 Å². The van der Waals surface area contributed by atoms with Crippen molar-refractivity contribution in [1.29, 1.82) is 5.26 Å². The Balaban J connectivity index is 2.57. The third-order valence-corrected chi connectivity index (χ3v) is 2.73. The summed E-state index contributed by atoms with van der Waals surface area (Å²) >= 11 is 0.860. The van der Waals surface area contributed by atoms with E-state index in [0.29, 0.717) is 5.16 Å². The molecule has 4 nitrogen and oxygen atoms in total. The van der Waals surface area contributed by atoms with Crippen LogP contribution in [0.4, 0.5) is 13.2 Å². The van der Waals surface area contributed by atoms with Gasteiger partial charge in [-0.2, -0.15) is 18.4 Å². The minimum absolute atomic E-state index is 0.361. The maximum absolute atomic E-state index is 12.2. The molecule has 1 rings (SSSR count). The van der Waals surface area contributed by atoms with Gasteiger partial charge >= 0.3 is 6.18 Å². The Morgan fingerprint density at radius 3 is 2.73 bits per heavy atom. The zero-order valence-electron chi connectivity index (χ0n) is 7.69. The molecule has 0 aliphatic carbocycles. The van der Waals surface area contributed by atoms with Crippen molar-refractivity contribution in [2.24, 2.45) is 13.0 Å². The molecule has 1 unspecified atom stereocenters. The number of halogens is 3. The number of thioether (sulfide) groups is 1. The summed E-state index contributed by atoms with van der Waals surface area (Å²) in [6.07, 6.45) is -3.10. The molecule has 1 aromatic heterocycles. The lowest BCUT2D eigenvalue weighted by Gasteiger charge is -2.11. The average molecular weight is 236 g/mol. The van der Waals surface area contributed by atoms with Crippen LogP contribution in [0.1, 0.15) is 0 Å². The second kappa shape index (κ2) is 4.53. The van der Waals surface area contributed by atoms with Crippen molar-refractivity contribution >= 4 is 11.8 Å². The first kappa shape index (κ1) is 11.8. The predicted octanol–water partition coefficient (Wildman–Crippen LogP) is 1.61. The Labute approximate surface area is 88.1 Å². The van der Waals surface area contributed by atoms with Gasteiger partial charge in [-0.1, -0.05) is 11.8 Å². The third kappa shape index (κ3) is 3.13. The first-order valence-electron chi connectivity index (χ1n) is 3.88. The van der Waals surface area contributed by atoms with E-state index < -0.39 is 12.1 Å². The van der Waals surface area contributed by atoms with Gasteiger partial charge in [0.1, 0.15) is 6.33 Å². The van der Waals surface area contributed by atoms with E-state index in [4.69, 9.17) is 5.26 Å². The zero-order chi connectivity index (χ0) is 11.5. The van der Waals surface area contributed by atoms with E-state index >= 15 is 0 Å². The lowest BCUT2D eigenvalue weighted by Crippen LogP contribution is -2.23. The van der Waals surface area contributed by atoms with Crippen LogP contribution in [0.15, 0.2) is 11.5 Å². The van der Waals surface area contributed by atoms with Gasteiger partial charge in [0.2, 0.25) is 0 Å². The van der Waals surface area contributed by atoms with E-state index in [1.165, 1.54) is 17.0 Å². The first-order chi connectivity index (χ1) is 6.95. The highest BCUT2D eigenvalue weighted by molar-refractivity contribution is 7.99. The molecule has 0 N–H and O–H groups in total. The van der Waals surface area contributed by atoms with Crippen molar-refractivity contribution in [1.82, 2.24) is 14.8 Å². The third-order valence-electron chi connectivity index (χ3n) is 1.60. The quantitative estimate of drug-likeness (QED) is 0.748. The molecule has 0 amide bonds. The molecule has 0 aliphatic rings. The van der Waals surface area contributed by atoms with Gasteiger partial charge in [0, 0.05) is 12.8 Å². The van der Waals surface area contributed by atoms with Crippen LogP contribution in [0.25, 0.3) is 0 Å². The molecule has 0 aromatic carbocycles. The Morgan fingerprint density at radius 2 is 2.33 bits per heavy atom. The van der Waals surface area contributed by atoms with Crippen LogP contribution >= 0.6 is 11.8 Å². The molecule has 0 saturated carbocycles. The molecular formula is C7H7F3N4S. The Hall–Kier alpha value is -1.23. The monoisotopic (exact) mass is 236 g/mol. The Kier molecular flexibility index (Phi) is 3.57. The molecule has 0 aliphatic heterocycles. The molecule has 1 aromatic rings. The number of alkyl halides is 3. The summed E-state index contributed by atoms with van der Waals surface area (Å²) in [4.78, 5) is 0. The number of nitrogens with zero attached hydrogens (tertiary/aromatic N) is 4. The summed E-state index contributed by atoms with van der Waals surface area (Å²) in [6, 6.07) is 1.22. The summed E-state index contributed by atoms with van der Waals surface area (Å²) in [6.45, 7) is 0. The van der Waals surface area contributed by atoms with E-state index in [0.717, 1.165) is 11.8 Å². The maximum Gasteiger partial charge on any atom is 0.405 e. The lowest BCUT2D eigenvalue weighted by atomic mass is 10.2. The Morgan fingerprint density at radius 1 is 1.67 bits per heavy atom. The molecule has 15 heavy (non-hydrogen) atoms. The van der Waals surface area contributed by atoms with Crippen LogP contribution in [0.3, 0.4) is 0 Å². The van der Waals surface area contributed by atoms with Gasteiger partial charge < -0.3 is 4.57 Å². The van der Waals surface area contributed by atoms with Gasteiger partial charge in [-0.3, -0.25) is 0 Å². The fourth-order valence-electron chi connectivity index (χ4n) is 0.766. The number of rotatable bonds is 3. The Bertz CT molecular complexity index is 367. The van der Waals surface area contributed by atoms with Crippen molar-refractivity contribution in [2.75, 3.05) is 5.75 Å². The molecular weight excluding hydrogens is 229 g/mol. The van der Waals surface area contributed by atoms with Crippen molar-refractivity contribution in [3.63, 3.8) is 0 Å². The van der Waals surface area contributed by atoms with Crippen LogP contribution in [0.2, 0.25) is 0 Å². The summed E-state index contributed by atoms with van der Waals surface area (Å²) in [5.74, 6) is -2.34. The minimum atomic E-state index is -4.49. The molecule has 82 valence electrons. The van der Waals surface area contributed by atoms with E-state index in [1.807, 2.05) is 0 Å². The molecule has 1 heterocycles. The van der Waals surface area contributed by atoms with Gasteiger partial charge in [-0.05, 0) is 0 Å². The predicted molar refractivity (Wildman–Crippen MR) is 46.9 cm³/mol. The summed E-state index contributed by atoms with van der Waals surface area (Å²) in [7, 11) is 1.62. The van der Waals surface area contributed by atoms with E-state index in [1.54, 1.807) is 7.05 Å². The van der Waals surface area contributed by atoms with Crippen molar-refractivity contribution in [2.45, 2.75) is 11.3 Å². The molecule has 1 atom stereocenters. The summed E-state index contributed by atoms with van der Waals surface area (Å²) in [5, 5.41) is 15.8. The van der Waals surface area contributed by atoms with Gasteiger partial charge in [-0.15, -0.1) is 10.2 Å². The van der Waals surface area contributed by atoms with Gasteiger partial charge in [0.25, 0.3) is 0 Å². The minimum Gasteiger partial charge on any atom is -0.312 e. The van der Waals surface area contributed by atoms with Crippen molar-refractivity contribution in [3.8, 4) is 6.07 Å². The number of nitriles is 1. The molecule has 0 spiro atoms. The van der Waals surface area contributed by atoms with Gasteiger partial charge in [0.05, 0.1) is 6.07 Å². The maximum atomic E-state index is 12.2. The second-order valence-corrected chi connectivity index (χ2v) is 3.75. The standard InChI is InChI=1S/C7H7F3N4S/c1-14-4-12-13-6(14)15-3-5(2-11)7(8,9)10/h4-5H,3H2,1H3. The van der Waals surface area contributed by atoms with Gasteiger partial charge in [-0.25, -0.2) is 0 Å². The van der Waals surface area contributed by atoms with E-state index in [9.17, 15) is 13.2 Å². The molecule has 0 bridgehead atoms. The van der Waals surface area contributed by atoms with Crippen LogP contribution < -0.4 is 0 Å². The smallest absolute Gasteiger partial charge is 0.312 e. The first-order valence-corrected chi connectivity index (χ1v) is 4.87. The molecule has 0 fully saturated rings. The van der Waals surface area contributed by atoms with E-state index in [2.05, 4.69) is 10.2 Å². The number of hydrogen-bond donors (Lipinski definition) is 0. The zero-order valence-corrected chi connectivity index (χ0v) is 8.51. The highest BCUT2D eigenvalue weighted by Crippen LogP contribution is 2.30. The van der Waals surface area contributed by atoms with Crippen LogP contribution in [-0.2, 0) is 7.05 Å². The lowest BCUT2D eigenvalue weighted by molar-refractivity contribution is -0.152. The molecule has 0 saturated heterocycles.